The highest BCUT2D eigenvalue weighted by Gasteiger charge is 2.38. The third-order valence-electron chi connectivity index (χ3n) is 3.04. The van der Waals surface area contributed by atoms with Crippen LogP contribution in [0.1, 0.15) is 40.5 Å². The molecule has 1 fully saturated rings. The largest absolute Gasteiger partial charge is 0.444 e. The van der Waals surface area contributed by atoms with Crippen LogP contribution >= 0.6 is 0 Å². The van der Waals surface area contributed by atoms with Crippen molar-refractivity contribution in [3.8, 4) is 0 Å². The summed E-state index contributed by atoms with van der Waals surface area (Å²) in [6, 6.07) is 0. The lowest BCUT2D eigenvalue weighted by atomic mass is 9.79. The van der Waals surface area contributed by atoms with Crippen LogP contribution in [-0.4, -0.2) is 37.2 Å². The van der Waals surface area contributed by atoms with Crippen molar-refractivity contribution >= 4 is 11.9 Å². The summed E-state index contributed by atoms with van der Waals surface area (Å²) in [6.45, 7) is 8.29. The van der Waals surface area contributed by atoms with Gasteiger partial charge in [0.1, 0.15) is 11.4 Å². The van der Waals surface area contributed by atoms with E-state index in [4.69, 9.17) is 9.47 Å². The molecule has 0 aromatic carbocycles. The minimum absolute atomic E-state index is 0.0539. The summed E-state index contributed by atoms with van der Waals surface area (Å²) in [7, 11) is 0. The molecule has 5 heteroatoms. The summed E-state index contributed by atoms with van der Waals surface area (Å²) in [6.07, 6.45) is 1.10. The number of alkyl carbamates (subject to hydrolysis) is 1. The van der Waals surface area contributed by atoms with Crippen LogP contribution in [0, 0.1) is 5.41 Å². The zero-order chi connectivity index (χ0) is 13.8. The van der Waals surface area contributed by atoms with Crippen molar-refractivity contribution in [2.24, 2.45) is 5.41 Å². The number of ketones is 1. The Morgan fingerprint density at radius 1 is 1.39 bits per heavy atom. The third-order valence-corrected chi connectivity index (χ3v) is 3.04. The molecule has 1 rings (SSSR count). The fourth-order valence-electron chi connectivity index (χ4n) is 1.95. The second-order valence-electron chi connectivity index (χ2n) is 5.85. The monoisotopic (exact) mass is 257 g/mol. The summed E-state index contributed by atoms with van der Waals surface area (Å²) < 4.78 is 10.5. The fourth-order valence-corrected chi connectivity index (χ4v) is 1.95. The molecule has 1 aliphatic heterocycles. The highest BCUT2D eigenvalue weighted by atomic mass is 16.6. The predicted molar refractivity (Wildman–Crippen MR) is 67.4 cm³/mol. The smallest absolute Gasteiger partial charge is 0.407 e. The van der Waals surface area contributed by atoms with Crippen molar-refractivity contribution in [2.45, 2.75) is 46.1 Å². The molecule has 1 heterocycles. The van der Waals surface area contributed by atoms with Crippen molar-refractivity contribution in [1.29, 1.82) is 0 Å². The van der Waals surface area contributed by atoms with Gasteiger partial charge in [-0.15, -0.1) is 0 Å². The van der Waals surface area contributed by atoms with Crippen LogP contribution in [0.15, 0.2) is 0 Å². The first kappa shape index (κ1) is 15.0. The summed E-state index contributed by atoms with van der Waals surface area (Å²) >= 11 is 0. The molecule has 1 saturated heterocycles. The van der Waals surface area contributed by atoms with E-state index in [1.807, 2.05) is 0 Å². The van der Waals surface area contributed by atoms with Gasteiger partial charge in [-0.05, 0) is 40.5 Å². The first-order valence-electron chi connectivity index (χ1n) is 6.31. The lowest BCUT2D eigenvalue weighted by Gasteiger charge is -2.34. The van der Waals surface area contributed by atoms with Crippen LogP contribution in [0.2, 0.25) is 0 Å². The molecule has 5 nitrogen and oxygen atoms in total. The Hall–Kier alpha value is -1.10. The highest BCUT2D eigenvalue weighted by molar-refractivity contribution is 5.83. The fraction of sp³-hybridized carbons (Fsp3) is 0.846. The lowest BCUT2D eigenvalue weighted by molar-refractivity contribution is -0.133. The molecule has 1 unspecified atom stereocenters. The van der Waals surface area contributed by atoms with Gasteiger partial charge in [0, 0.05) is 13.2 Å². The van der Waals surface area contributed by atoms with E-state index in [0.717, 1.165) is 12.8 Å². The molecule has 0 saturated carbocycles. The quantitative estimate of drug-likeness (QED) is 0.838. The third kappa shape index (κ3) is 4.29. The van der Waals surface area contributed by atoms with Crippen molar-refractivity contribution in [3.63, 3.8) is 0 Å². The Morgan fingerprint density at radius 2 is 2.06 bits per heavy atom. The van der Waals surface area contributed by atoms with Gasteiger partial charge in [-0.3, -0.25) is 4.79 Å². The van der Waals surface area contributed by atoms with E-state index in [2.05, 4.69) is 5.32 Å². The van der Waals surface area contributed by atoms with E-state index in [1.165, 1.54) is 0 Å². The molecular formula is C13H23NO4. The molecule has 0 aromatic rings. The van der Waals surface area contributed by atoms with Crippen LogP contribution < -0.4 is 5.32 Å². The highest BCUT2D eigenvalue weighted by Crippen LogP contribution is 2.29. The molecule has 0 spiro atoms. The molecule has 0 bridgehead atoms. The van der Waals surface area contributed by atoms with Gasteiger partial charge in [-0.1, -0.05) is 0 Å². The zero-order valence-electron chi connectivity index (χ0n) is 11.7. The van der Waals surface area contributed by atoms with E-state index < -0.39 is 17.1 Å². The van der Waals surface area contributed by atoms with E-state index in [9.17, 15) is 9.59 Å². The topological polar surface area (TPSA) is 64.6 Å². The van der Waals surface area contributed by atoms with Gasteiger partial charge in [0.25, 0.3) is 0 Å². The SMILES string of the molecule is CC(=O)C1(CNC(=O)OC(C)(C)C)CCCOC1. The molecule has 1 atom stereocenters. The van der Waals surface area contributed by atoms with Crippen molar-refractivity contribution in [2.75, 3.05) is 19.8 Å². The van der Waals surface area contributed by atoms with E-state index in [0.29, 0.717) is 13.2 Å². The molecule has 18 heavy (non-hydrogen) atoms. The maximum absolute atomic E-state index is 11.7. The Kier molecular flexibility index (Phi) is 4.73. The number of amides is 1. The number of carbonyl (C=O) groups excluding carboxylic acids is 2. The lowest BCUT2D eigenvalue weighted by Crippen LogP contribution is -2.48. The number of carbonyl (C=O) groups is 2. The van der Waals surface area contributed by atoms with Crippen molar-refractivity contribution in [3.05, 3.63) is 0 Å². The summed E-state index contributed by atoms with van der Waals surface area (Å²) in [4.78, 5) is 23.3. The molecule has 0 aromatic heterocycles. The van der Waals surface area contributed by atoms with Gasteiger partial charge >= 0.3 is 6.09 Å². The second kappa shape index (κ2) is 5.69. The number of hydrogen-bond acceptors (Lipinski definition) is 4. The summed E-state index contributed by atoms with van der Waals surface area (Å²) in [5.41, 5.74) is -1.12. The zero-order valence-corrected chi connectivity index (χ0v) is 11.7. The van der Waals surface area contributed by atoms with Crippen molar-refractivity contribution in [1.82, 2.24) is 5.32 Å². The first-order valence-corrected chi connectivity index (χ1v) is 6.31. The van der Waals surface area contributed by atoms with Crippen LogP contribution in [0.3, 0.4) is 0 Å². The maximum Gasteiger partial charge on any atom is 0.407 e. The number of nitrogens with one attached hydrogen (secondary N) is 1. The van der Waals surface area contributed by atoms with Gasteiger partial charge in [-0.25, -0.2) is 4.79 Å². The minimum Gasteiger partial charge on any atom is -0.444 e. The molecular weight excluding hydrogens is 234 g/mol. The molecule has 1 aliphatic rings. The number of hydrogen-bond donors (Lipinski definition) is 1. The standard InChI is InChI=1S/C13H23NO4/c1-10(15)13(6-5-7-17-9-13)8-14-11(16)18-12(2,3)4/h5-9H2,1-4H3,(H,14,16). The molecule has 0 radical (unpaired) electrons. The van der Waals surface area contributed by atoms with E-state index in [1.54, 1.807) is 27.7 Å². The van der Waals surface area contributed by atoms with Gasteiger partial charge in [0.15, 0.2) is 0 Å². The van der Waals surface area contributed by atoms with Crippen LogP contribution in [0.4, 0.5) is 4.79 Å². The van der Waals surface area contributed by atoms with Crippen LogP contribution in [0.25, 0.3) is 0 Å². The van der Waals surface area contributed by atoms with E-state index >= 15 is 0 Å². The number of Topliss-reactive ketones (excluding diaryl/α,β-unsaturated/α-hetero) is 1. The second-order valence-corrected chi connectivity index (χ2v) is 5.85. The Balaban J connectivity index is 2.53. The maximum atomic E-state index is 11.7. The molecule has 104 valence electrons. The van der Waals surface area contributed by atoms with Crippen LogP contribution in [0.5, 0.6) is 0 Å². The Bertz CT molecular complexity index is 313. The Morgan fingerprint density at radius 3 is 2.50 bits per heavy atom. The van der Waals surface area contributed by atoms with Gasteiger partial charge in [0.2, 0.25) is 0 Å². The normalized spacial score (nSPS) is 24.4. The Labute approximate surface area is 108 Å². The molecule has 0 aliphatic carbocycles. The first-order chi connectivity index (χ1) is 8.25. The molecule has 1 N–H and O–H groups in total. The summed E-state index contributed by atoms with van der Waals surface area (Å²) in [5, 5.41) is 2.67. The van der Waals surface area contributed by atoms with E-state index in [-0.39, 0.29) is 12.3 Å². The minimum atomic E-state index is -0.588. The summed E-state index contributed by atoms with van der Waals surface area (Å²) in [5.74, 6) is 0.0539. The average Bonchev–Trinajstić information content (AvgIpc) is 2.25. The van der Waals surface area contributed by atoms with Gasteiger partial charge in [0.05, 0.1) is 12.0 Å². The van der Waals surface area contributed by atoms with Crippen molar-refractivity contribution < 1.29 is 19.1 Å². The molecule has 1 amide bonds. The van der Waals surface area contributed by atoms with Crippen LogP contribution in [-0.2, 0) is 14.3 Å². The number of ether oxygens (including phenoxy) is 2. The van der Waals surface area contributed by atoms with Gasteiger partial charge in [-0.2, -0.15) is 0 Å². The predicted octanol–water partition coefficient (Wildman–Crippen LogP) is 1.90. The average molecular weight is 257 g/mol. The van der Waals surface area contributed by atoms with Gasteiger partial charge < -0.3 is 14.8 Å². The number of rotatable bonds is 3.